The number of nitrogens with zero attached hydrogens (tertiary/aromatic N) is 4. The molecule has 3 aromatic heterocycles. The number of phosphoric ester groups is 1. The zero-order valence-corrected chi connectivity index (χ0v) is 20.1. The molecule has 0 saturated heterocycles. The normalized spacial score (nSPS) is 14.1. The largest absolute Gasteiger partial charge is 0.469 e. The fourth-order valence-corrected chi connectivity index (χ4v) is 4.98. The van der Waals surface area contributed by atoms with Gasteiger partial charge in [-0.25, -0.2) is 23.9 Å². The number of nitrogen functional groups attached to an aromatic ring is 1. The number of anilines is 2. The molecule has 0 aliphatic heterocycles. The minimum Gasteiger partial charge on any atom is -0.375 e. The minimum absolute atomic E-state index is 0.220. The fraction of sp³-hybridized carbons (Fsp3) is 0.444. The number of thiazole rings is 1. The molecule has 10 nitrogen and oxygen atoms in total. The SMILES string of the molecule is CC(C)C[C@H](COP(=O)(O)O)Nc1nc(SC(C)c2ncccc2F)nc2nc(N)sc12. The third-order valence-electron chi connectivity index (χ3n) is 4.24. The third-order valence-corrected chi connectivity index (χ3v) is 6.58. The molecule has 0 saturated carbocycles. The van der Waals surface area contributed by atoms with Gasteiger partial charge in [-0.3, -0.25) is 9.51 Å². The Kier molecular flexibility index (Phi) is 8.01. The van der Waals surface area contributed by atoms with Crippen molar-refractivity contribution < 1.29 is 23.3 Å². The molecule has 0 aliphatic carbocycles. The van der Waals surface area contributed by atoms with Gasteiger partial charge in [-0.2, -0.15) is 0 Å². The molecule has 0 aliphatic rings. The number of nitrogens with one attached hydrogen (secondary N) is 1. The van der Waals surface area contributed by atoms with E-state index in [1.54, 1.807) is 6.92 Å². The second kappa shape index (κ2) is 10.4. The molecule has 0 spiro atoms. The number of phosphoric acid groups is 1. The average molecular weight is 503 g/mol. The Morgan fingerprint density at radius 2 is 2.06 bits per heavy atom. The molecule has 1 unspecified atom stereocenters. The Bertz CT molecular complexity index is 1130. The summed E-state index contributed by atoms with van der Waals surface area (Å²) in [6, 6.07) is 2.43. The molecule has 0 bridgehead atoms. The first-order chi connectivity index (χ1) is 15.0. The highest BCUT2D eigenvalue weighted by Gasteiger charge is 2.23. The van der Waals surface area contributed by atoms with E-state index in [-0.39, 0.29) is 23.5 Å². The first-order valence-electron chi connectivity index (χ1n) is 9.69. The standard InChI is InChI=1S/C18H24FN6O4PS2/c1-9(2)7-11(8-29-30(26,27)28)22-15-14-16(23-17(20)32-14)25-18(24-15)31-10(3)13-12(19)5-4-6-21-13/h4-6,9-11H,7-8H2,1-3H3,(H2,26,27,28)(H3,20,22,23,24,25)/t10?,11-/m1/s1. The van der Waals surface area contributed by atoms with E-state index in [2.05, 4.69) is 25.3 Å². The van der Waals surface area contributed by atoms with Gasteiger partial charge in [-0.05, 0) is 31.4 Å². The predicted molar refractivity (Wildman–Crippen MR) is 123 cm³/mol. The lowest BCUT2D eigenvalue weighted by atomic mass is 10.0. The lowest BCUT2D eigenvalue weighted by Gasteiger charge is -2.22. The van der Waals surface area contributed by atoms with Crippen LogP contribution in [-0.4, -0.2) is 42.4 Å². The van der Waals surface area contributed by atoms with Crippen LogP contribution in [0.3, 0.4) is 0 Å². The van der Waals surface area contributed by atoms with Crippen LogP contribution in [0.1, 0.15) is 38.1 Å². The molecule has 0 aromatic carbocycles. The number of thioether (sulfide) groups is 1. The molecule has 174 valence electrons. The van der Waals surface area contributed by atoms with Crippen LogP contribution in [0, 0.1) is 11.7 Å². The summed E-state index contributed by atoms with van der Waals surface area (Å²) in [5, 5.41) is 3.46. The van der Waals surface area contributed by atoms with E-state index in [0.29, 0.717) is 32.9 Å². The van der Waals surface area contributed by atoms with Crippen LogP contribution in [0.5, 0.6) is 0 Å². The van der Waals surface area contributed by atoms with Crippen LogP contribution >= 0.6 is 30.9 Å². The summed E-state index contributed by atoms with van der Waals surface area (Å²) in [5.74, 6) is 0.217. The molecule has 3 heterocycles. The van der Waals surface area contributed by atoms with Crippen molar-refractivity contribution in [1.82, 2.24) is 19.9 Å². The lowest BCUT2D eigenvalue weighted by molar-refractivity contribution is 0.184. The number of hydrogen-bond acceptors (Lipinski definition) is 10. The van der Waals surface area contributed by atoms with Gasteiger partial charge in [0.05, 0.1) is 23.6 Å². The van der Waals surface area contributed by atoms with E-state index in [4.69, 9.17) is 20.0 Å². The van der Waals surface area contributed by atoms with Crippen molar-refractivity contribution in [2.75, 3.05) is 17.7 Å². The predicted octanol–water partition coefficient (Wildman–Crippen LogP) is 3.99. The van der Waals surface area contributed by atoms with Gasteiger partial charge in [0.15, 0.2) is 21.8 Å². The summed E-state index contributed by atoms with van der Waals surface area (Å²) in [4.78, 5) is 35.5. The summed E-state index contributed by atoms with van der Waals surface area (Å²) >= 11 is 2.40. The highest BCUT2D eigenvalue weighted by molar-refractivity contribution is 7.99. The van der Waals surface area contributed by atoms with Crippen LogP contribution in [0.2, 0.25) is 0 Å². The van der Waals surface area contributed by atoms with Crippen LogP contribution in [0.4, 0.5) is 15.3 Å². The van der Waals surface area contributed by atoms with Crippen LogP contribution in [-0.2, 0) is 9.09 Å². The van der Waals surface area contributed by atoms with Crippen LogP contribution in [0.15, 0.2) is 23.5 Å². The molecule has 0 fully saturated rings. The van der Waals surface area contributed by atoms with Gasteiger partial charge >= 0.3 is 7.82 Å². The Hall–Kier alpha value is -1.89. The van der Waals surface area contributed by atoms with Gasteiger partial charge in [0, 0.05) is 6.20 Å². The quantitative estimate of drug-likeness (QED) is 0.180. The van der Waals surface area contributed by atoms with Gasteiger partial charge in [0.1, 0.15) is 10.5 Å². The van der Waals surface area contributed by atoms with Gasteiger partial charge in [-0.1, -0.05) is 36.9 Å². The van der Waals surface area contributed by atoms with Gasteiger partial charge in [-0.15, -0.1) is 0 Å². The number of hydrogen-bond donors (Lipinski definition) is 4. The van der Waals surface area contributed by atoms with Crippen LogP contribution in [0.25, 0.3) is 10.3 Å². The second-order valence-corrected chi connectivity index (χ2v) is 11.0. The number of rotatable bonds is 10. The van der Waals surface area contributed by atoms with Gasteiger partial charge in [0.25, 0.3) is 0 Å². The molecule has 3 rings (SSSR count). The van der Waals surface area contributed by atoms with Crippen LogP contribution < -0.4 is 11.1 Å². The maximum absolute atomic E-state index is 14.1. The summed E-state index contributed by atoms with van der Waals surface area (Å²) in [6.07, 6.45) is 2.09. The van der Waals surface area contributed by atoms with E-state index in [1.807, 2.05) is 13.8 Å². The highest BCUT2D eigenvalue weighted by Crippen LogP contribution is 2.38. The number of fused-ring (bicyclic) bond motifs is 1. The van der Waals surface area contributed by atoms with Crippen molar-refractivity contribution in [3.05, 3.63) is 29.8 Å². The third kappa shape index (κ3) is 6.80. The number of pyridine rings is 1. The van der Waals surface area contributed by atoms with E-state index in [0.717, 1.165) is 0 Å². The topological polar surface area (TPSA) is 156 Å². The first kappa shape index (κ1) is 24.7. The fourth-order valence-electron chi connectivity index (χ4n) is 3.00. The van der Waals surface area contributed by atoms with Crippen molar-refractivity contribution in [3.8, 4) is 0 Å². The molecule has 32 heavy (non-hydrogen) atoms. The van der Waals surface area contributed by atoms with E-state index in [1.165, 1.54) is 41.4 Å². The average Bonchev–Trinajstić information content (AvgIpc) is 3.06. The molecule has 14 heteroatoms. The maximum Gasteiger partial charge on any atom is 0.469 e. The van der Waals surface area contributed by atoms with Gasteiger partial charge < -0.3 is 20.8 Å². The molecular formula is C18H24FN6O4PS2. The molecule has 0 amide bonds. The van der Waals surface area contributed by atoms with Gasteiger partial charge in [0.2, 0.25) is 0 Å². The lowest BCUT2D eigenvalue weighted by Crippen LogP contribution is -2.27. The molecule has 2 atom stereocenters. The number of nitrogens with two attached hydrogens (primary N) is 1. The number of aromatic nitrogens is 4. The van der Waals surface area contributed by atoms with Crippen molar-refractivity contribution in [1.29, 1.82) is 0 Å². The Labute approximate surface area is 192 Å². The zero-order chi connectivity index (χ0) is 23.5. The zero-order valence-electron chi connectivity index (χ0n) is 17.6. The molecule has 0 radical (unpaired) electrons. The molecule has 3 aromatic rings. The minimum atomic E-state index is -4.63. The van der Waals surface area contributed by atoms with Crippen molar-refractivity contribution in [2.24, 2.45) is 5.92 Å². The Balaban J connectivity index is 1.91. The van der Waals surface area contributed by atoms with E-state index >= 15 is 0 Å². The van der Waals surface area contributed by atoms with E-state index in [9.17, 15) is 8.96 Å². The Morgan fingerprint density at radius 3 is 2.72 bits per heavy atom. The number of halogens is 1. The molecular weight excluding hydrogens is 478 g/mol. The summed E-state index contributed by atoms with van der Waals surface area (Å²) < 4.78 is 30.6. The summed E-state index contributed by atoms with van der Waals surface area (Å²) in [5.41, 5.74) is 6.52. The summed E-state index contributed by atoms with van der Waals surface area (Å²) in [7, 11) is -4.63. The van der Waals surface area contributed by atoms with Crippen molar-refractivity contribution >= 4 is 52.2 Å². The second-order valence-electron chi connectivity index (χ2n) is 7.45. The van der Waals surface area contributed by atoms with Crippen molar-refractivity contribution in [2.45, 2.75) is 43.6 Å². The summed E-state index contributed by atoms with van der Waals surface area (Å²) in [6.45, 7) is 5.54. The van der Waals surface area contributed by atoms with E-state index < -0.39 is 19.7 Å². The Morgan fingerprint density at radius 1 is 1.31 bits per heavy atom. The molecule has 5 N–H and O–H groups in total. The highest BCUT2D eigenvalue weighted by atomic mass is 32.2. The maximum atomic E-state index is 14.1. The van der Waals surface area contributed by atoms with Crippen molar-refractivity contribution in [3.63, 3.8) is 0 Å². The monoisotopic (exact) mass is 502 g/mol. The smallest absolute Gasteiger partial charge is 0.375 e. The first-order valence-corrected chi connectivity index (χ1v) is 12.9.